The number of alkyl halides is 4. The van der Waals surface area contributed by atoms with Crippen molar-refractivity contribution in [1.82, 2.24) is 14.5 Å². The Balaban J connectivity index is 1.62. The maximum atomic E-state index is 13.8. The van der Waals surface area contributed by atoms with Gasteiger partial charge in [-0.05, 0) is 42.5 Å². The molecule has 0 atom stereocenters. The Bertz CT molecular complexity index is 1630. The number of rotatable bonds is 9. The molecule has 4 aromatic rings. The van der Waals surface area contributed by atoms with Crippen molar-refractivity contribution in [3.8, 4) is 23.3 Å². The molecule has 4 rings (SSSR count). The standard InChI is InChI=1S/C24H19ClF3N5O4S/c1-38(34,35)32-23-30-7-4-17(31-23)14-37-19-2-3-21-15(11-19)5-8-33(21)18-10-16(13-29)22(36-9-6-25)20(12-18)24(26,27)28/h2-5,7-8,10-12H,6,9,14H2,1H3,(H,30,31,32). The fraction of sp³-hybridized carbons (Fsp3) is 0.208. The molecule has 0 amide bonds. The number of ether oxygens (including phenoxy) is 2. The summed E-state index contributed by atoms with van der Waals surface area (Å²) in [4.78, 5) is 7.92. The molecule has 0 bridgehead atoms. The van der Waals surface area contributed by atoms with Gasteiger partial charge in [0.1, 0.15) is 36.3 Å². The van der Waals surface area contributed by atoms with E-state index in [4.69, 9.17) is 21.1 Å². The zero-order chi connectivity index (χ0) is 27.5. The van der Waals surface area contributed by atoms with Crippen LogP contribution in [0.3, 0.4) is 0 Å². The van der Waals surface area contributed by atoms with Crippen LogP contribution in [0.5, 0.6) is 11.5 Å². The Labute approximate surface area is 220 Å². The zero-order valence-electron chi connectivity index (χ0n) is 19.7. The van der Waals surface area contributed by atoms with Crippen molar-refractivity contribution < 1.29 is 31.1 Å². The molecule has 9 nitrogen and oxygen atoms in total. The van der Waals surface area contributed by atoms with Gasteiger partial charge in [-0.25, -0.2) is 18.4 Å². The molecular formula is C24H19ClF3N5O4S. The van der Waals surface area contributed by atoms with Crippen LogP contribution in [0.2, 0.25) is 0 Å². The average molecular weight is 566 g/mol. The Hall–Kier alpha value is -4.02. The van der Waals surface area contributed by atoms with Crippen molar-refractivity contribution >= 4 is 38.5 Å². The second-order valence-electron chi connectivity index (χ2n) is 7.96. The molecule has 2 aromatic carbocycles. The molecule has 0 unspecified atom stereocenters. The van der Waals surface area contributed by atoms with Gasteiger partial charge in [-0.1, -0.05) is 0 Å². The molecule has 2 aromatic heterocycles. The van der Waals surface area contributed by atoms with Crippen LogP contribution in [-0.4, -0.2) is 41.7 Å². The van der Waals surface area contributed by atoms with E-state index in [1.165, 1.54) is 16.8 Å². The van der Waals surface area contributed by atoms with E-state index >= 15 is 0 Å². The maximum Gasteiger partial charge on any atom is 0.420 e. The first-order chi connectivity index (χ1) is 18.0. The molecule has 0 saturated carbocycles. The Kier molecular flexibility index (Phi) is 7.66. The van der Waals surface area contributed by atoms with Crippen molar-refractivity contribution in [3.63, 3.8) is 0 Å². The van der Waals surface area contributed by atoms with Gasteiger partial charge in [0.2, 0.25) is 16.0 Å². The van der Waals surface area contributed by atoms with Crippen molar-refractivity contribution in [2.24, 2.45) is 0 Å². The van der Waals surface area contributed by atoms with Crippen molar-refractivity contribution in [1.29, 1.82) is 5.26 Å². The van der Waals surface area contributed by atoms with Crippen LogP contribution in [0.15, 0.2) is 54.9 Å². The summed E-state index contributed by atoms with van der Waals surface area (Å²) in [6.45, 7) is -0.171. The molecule has 198 valence electrons. The van der Waals surface area contributed by atoms with Crippen LogP contribution in [0.1, 0.15) is 16.8 Å². The second kappa shape index (κ2) is 10.8. The van der Waals surface area contributed by atoms with Gasteiger partial charge in [0.05, 0.1) is 28.9 Å². The highest BCUT2D eigenvalue weighted by atomic mass is 35.5. The lowest BCUT2D eigenvalue weighted by Gasteiger charge is -2.17. The Morgan fingerprint density at radius 1 is 1.16 bits per heavy atom. The molecule has 2 heterocycles. The summed E-state index contributed by atoms with van der Waals surface area (Å²) in [5.74, 6) is -0.233. The Morgan fingerprint density at radius 2 is 1.95 bits per heavy atom. The van der Waals surface area contributed by atoms with E-state index < -0.39 is 27.5 Å². The Morgan fingerprint density at radius 3 is 2.63 bits per heavy atom. The molecule has 0 aliphatic heterocycles. The minimum atomic E-state index is -4.76. The molecule has 0 saturated heterocycles. The van der Waals surface area contributed by atoms with E-state index in [1.54, 1.807) is 42.6 Å². The minimum Gasteiger partial charge on any atom is -0.490 e. The van der Waals surface area contributed by atoms with Gasteiger partial charge in [0.15, 0.2) is 0 Å². The number of aromatic nitrogens is 3. The lowest BCUT2D eigenvalue weighted by atomic mass is 10.1. The summed E-state index contributed by atoms with van der Waals surface area (Å²) in [5, 5.41) is 10.2. The fourth-order valence-electron chi connectivity index (χ4n) is 3.63. The summed E-state index contributed by atoms with van der Waals surface area (Å²) in [5.41, 5.74) is -0.221. The molecule has 0 radical (unpaired) electrons. The number of hydrogen-bond acceptors (Lipinski definition) is 7. The molecule has 0 spiro atoms. The molecule has 38 heavy (non-hydrogen) atoms. The van der Waals surface area contributed by atoms with Gasteiger partial charge in [-0.2, -0.15) is 18.4 Å². The first-order valence-corrected chi connectivity index (χ1v) is 13.3. The van der Waals surface area contributed by atoms with E-state index in [1.807, 2.05) is 0 Å². The van der Waals surface area contributed by atoms with E-state index in [0.29, 0.717) is 22.3 Å². The van der Waals surface area contributed by atoms with Crippen molar-refractivity contribution in [2.75, 3.05) is 23.5 Å². The predicted molar refractivity (Wildman–Crippen MR) is 134 cm³/mol. The van der Waals surface area contributed by atoms with Gasteiger partial charge >= 0.3 is 6.18 Å². The van der Waals surface area contributed by atoms with Crippen LogP contribution < -0.4 is 14.2 Å². The second-order valence-corrected chi connectivity index (χ2v) is 10.1. The van der Waals surface area contributed by atoms with Crippen LogP contribution in [0.4, 0.5) is 19.1 Å². The van der Waals surface area contributed by atoms with E-state index in [9.17, 15) is 26.9 Å². The van der Waals surface area contributed by atoms with Gasteiger partial charge in [0.25, 0.3) is 0 Å². The highest BCUT2D eigenvalue weighted by Gasteiger charge is 2.36. The number of anilines is 1. The normalized spacial score (nSPS) is 11.8. The van der Waals surface area contributed by atoms with E-state index in [2.05, 4.69) is 14.7 Å². The molecule has 1 N–H and O–H groups in total. The number of nitrogens with one attached hydrogen (secondary N) is 1. The molecule has 0 aliphatic carbocycles. The summed E-state index contributed by atoms with van der Waals surface area (Å²) < 4.78 is 78.8. The third-order valence-corrected chi connectivity index (χ3v) is 5.85. The highest BCUT2D eigenvalue weighted by Crippen LogP contribution is 2.40. The number of halogens is 4. The lowest BCUT2D eigenvalue weighted by Crippen LogP contribution is -2.13. The number of nitriles is 1. The molecular weight excluding hydrogens is 547 g/mol. The summed E-state index contributed by atoms with van der Waals surface area (Å²) >= 11 is 5.56. The molecule has 0 aliphatic rings. The molecule has 14 heteroatoms. The summed E-state index contributed by atoms with van der Waals surface area (Å²) in [6.07, 6.45) is -0.808. The quantitative estimate of drug-likeness (QED) is 0.287. The number of sulfonamides is 1. The number of benzene rings is 2. The topological polar surface area (TPSA) is 119 Å². The monoisotopic (exact) mass is 565 g/mol. The number of fused-ring (bicyclic) bond motifs is 1. The SMILES string of the molecule is CS(=O)(=O)Nc1nccc(COc2ccc3c(ccn3-c3cc(C#N)c(OCCCl)c(C(F)(F)F)c3)c2)n1. The van der Waals surface area contributed by atoms with Crippen LogP contribution in [0, 0.1) is 11.3 Å². The number of hydrogen-bond donors (Lipinski definition) is 1. The van der Waals surface area contributed by atoms with Gasteiger partial charge in [-0.3, -0.25) is 4.72 Å². The van der Waals surface area contributed by atoms with E-state index in [0.717, 1.165) is 12.3 Å². The minimum absolute atomic E-state index is 0.0113. The van der Waals surface area contributed by atoms with Crippen LogP contribution in [0.25, 0.3) is 16.6 Å². The van der Waals surface area contributed by atoms with Gasteiger partial charge in [0, 0.05) is 23.5 Å². The third-order valence-electron chi connectivity index (χ3n) is 5.14. The first-order valence-electron chi connectivity index (χ1n) is 10.9. The lowest BCUT2D eigenvalue weighted by molar-refractivity contribution is -0.138. The summed E-state index contributed by atoms with van der Waals surface area (Å²) in [6, 6.07) is 12.3. The van der Waals surface area contributed by atoms with Crippen LogP contribution in [-0.2, 0) is 22.8 Å². The zero-order valence-corrected chi connectivity index (χ0v) is 21.2. The van der Waals surface area contributed by atoms with Crippen molar-refractivity contribution in [2.45, 2.75) is 12.8 Å². The predicted octanol–water partition coefficient (Wildman–Crippen LogP) is 4.88. The summed E-state index contributed by atoms with van der Waals surface area (Å²) in [7, 11) is -3.54. The van der Waals surface area contributed by atoms with Crippen LogP contribution >= 0.6 is 11.6 Å². The largest absolute Gasteiger partial charge is 0.490 e. The van der Waals surface area contributed by atoms with Crippen molar-refractivity contribution in [3.05, 3.63) is 71.7 Å². The fourth-order valence-corrected chi connectivity index (χ4v) is 4.13. The third kappa shape index (κ3) is 6.27. The number of nitrogens with zero attached hydrogens (tertiary/aromatic N) is 4. The highest BCUT2D eigenvalue weighted by molar-refractivity contribution is 7.91. The van der Waals surface area contributed by atoms with Gasteiger partial charge in [-0.15, -0.1) is 11.6 Å². The maximum absolute atomic E-state index is 13.8. The van der Waals surface area contributed by atoms with Gasteiger partial charge < -0.3 is 14.0 Å². The smallest absolute Gasteiger partial charge is 0.420 e. The molecule has 0 fully saturated rings. The first kappa shape index (κ1) is 27.0. The average Bonchev–Trinajstić information content (AvgIpc) is 3.27. The van der Waals surface area contributed by atoms with E-state index in [-0.39, 0.29) is 36.3 Å².